The summed E-state index contributed by atoms with van der Waals surface area (Å²) in [6.45, 7) is 2.10. The summed E-state index contributed by atoms with van der Waals surface area (Å²) < 4.78 is 1.30. The van der Waals surface area contributed by atoms with Gasteiger partial charge in [-0.25, -0.2) is 0 Å². The Morgan fingerprint density at radius 2 is 2.29 bits per heavy atom. The molecule has 1 unspecified atom stereocenters. The van der Waals surface area contributed by atoms with E-state index < -0.39 is 5.97 Å². The van der Waals surface area contributed by atoms with Crippen LogP contribution in [0, 0.1) is 12.8 Å². The minimum atomic E-state index is -0.649. The van der Waals surface area contributed by atoms with Crippen LogP contribution in [0.1, 0.15) is 22.4 Å². The van der Waals surface area contributed by atoms with Crippen LogP contribution in [-0.2, 0) is 17.6 Å². The third-order valence-electron chi connectivity index (χ3n) is 3.55. The van der Waals surface area contributed by atoms with Gasteiger partial charge in [0.1, 0.15) is 0 Å². The number of hydrogen-bond donors (Lipinski definition) is 1. The van der Waals surface area contributed by atoms with Gasteiger partial charge >= 0.3 is 5.97 Å². The third-order valence-corrected chi connectivity index (χ3v) is 4.79. The first-order valence-corrected chi connectivity index (χ1v) is 6.70. The van der Waals surface area contributed by atoms with E-state index in [-0.39, 0.29) is 5.92 Å². The van der Waals surface area contributed by atoms with Gasteiger partial charge in [0.25, 0.3) is 0 Å². The minimum Gasteiger partial charge on any atom is -0.481 e. The fourth-order valence-electron chi connectivity index (χ4n) is 2.61. The van der Waals surface area contributed by atoms with E-state index in [2.05, 4.69) is 25.1 Å². The molecule has 3 rings (SSSR count). The predicted octanol–water partition coefficient (Wildman–Crippen LogP) is 3.40. The van der Waals surface area contributed by atoms with Gasteiger partial charge in [-0.1, -0.05) is 17.7 Å². The van der Waals surface area contributed by atoms with Gasteiger partial charge in [-0.15, -0.1) is 11.3 Å². The lowest BCUT2D eigenvalue weighted by atomic mass is 9.87. The van der Waals surface area contributed by atoms with Crippen LogP contribution < -0.4 is 0 Å². The number of benzene rings is 1. The average Bonchev–Trinajstić information content (AvgIpc) is 2.66. The molecule has 0 saturated carbocycles. The number of aryl methyl sites for hydroxylation is 2. The summed E-state index contributed by atoms with van der Waals surface area (Å²) in [5.41, 5.74) is 2.67. The summed E-state index contributed by atoms with van der Waals surface area (Å²) >= 11 is 1.77. The monoisotopic (exact) mass is 246 g/mol. The Kier molecular flexibility index (Phi) is 2.44. The molecule has 0 radical (unpaired) electrons. The highest BCUT2D eigenvalue weighted by Crippen LogP contribution is 2.38. The van der Waals surface area contributed by atoms with Crippen molar-refractivity contribution in [3.05, 3.63) is 34.2 Å². The summed E-state index contributed by atoms with van der Waals surface area (Å²) in [4.78, 5) is 12.3. The number of aliphatic carboxylic acids is 1. The number of hydrogen-bond acceptors (Lipinski definition) is 2. The molecule has 1 N–H and O–H groups in total. The summed E-state index contributed by atoms with van der Waals surface area (Å²) in [6.07, 6.45) is 2.40. The Balaban J connectivity index is 2.10. The normalized spacial score (nSPS) is 19.2. The Hall–Kier alpha value is -1.35. The largest absolute Gasteiger partial charge is 0.481 e. The molecule has 0 fully saturated rings. The highest BCUT2D eigenvalue weighted by Gasteiger charge is 2.26. The third kappa shape index (κ3) is 1.75. The zero-order valence-corrected chi connectivity index (χ0v) is 10.5. The predicted molar refractivity (Wildman–Crippen MR) is 69.7 cm³/mol. The second kappa shape index (κ2) is 3.84. The van der Waals surface area contributed by atoms with Gasteiger partial charge in [-0.05, 0) is 43.2 Å². The van der Waals surface area contributed by atoms with E-state index in [1.807, 2.05) is 0 Å². The zero-order valence-electron chi connectivity index (χ0n) is 9.69. The molecule has 1 aromatic heterocycles. The quantitative estimate of drug-likeness (QED) is 0.837. The highest BCUT2D eigenvalue weighted by molar-refractivity contribution is 7.19. The van der Waals surface area contributed by atoms with Crippen LogP contribution in [0.15, 0.2) is 18.2 Å². The zero-order chi connectivity index (χ0) is 12.0. The molecular weight excluding hydrogens is 232 g/mol. The van der Waals surface area contributed by atoms with Crippen LogP contribution in [0.2, 0.25) is 0 Å². The molecule has 1 aliphatic rings. The van der Waals surface area contributed by atoms with Crippen LogP contribution in [0.3, 0.4) is 0 Å². The molecular formula is C14H14O2S. The standard InChI is InChI=1S/C14H14O2S/c1-8-2-5-12-11(6-8)10-4-3-9(14(15)16)7-13(10)17-12/h2,5-6,9H,3-4,7H2,1H3,(H,15,16). The number of thiophene rings is 1. The van der Waals surface area contributed by atoms with Crippen molar-refractivity contribution in [2.75, 3.05) is 0 Å². The van der Waals surface area contributed by atoms with Crippen LogP contribution in [-0.4, -0.2) is 11.1 Å². The van der Waals surface area contributed by atoms with Crippen molar-refractivity contribution in [2.45, 2.75) is 26.2 Å². The molecule has 0 spiro atoms. The van der Waals surface area contributed by atoms with E-state index in [0.717, 1.165) is 12.8 Å². The fourth-order valence-corrected chi connectivity index (χ4v) is 3.92. The topological polar surface area (TPSA) is 37.3 Å². The SMILES string of the molecule is Cc1ccc2sc3c(c2c1)CCC(C(=O)O)C3. The smallest absolute Gasteiger partial charge is 0.306 e. The lowest BCUT2D eigenvalue weighted by molar-refractivity contribution is -0.142. The Bertz CT molecular complexity index is 598. The molecule has 0 aliphatic heterocycles. The van der Waals surface area contributed by atoms with Crippen molar-refractivity contribution in [1.29, 1.82) is 0 Å². The molecule has 3 heteroatoms. The molecule has 1 atom stereocenters. The van der Waals surface area contributed by atoms with Gasteiger partial charge in [0.2, 0.25) is 0 Å². The van der Waals surface area contributed by atoms with Gasteiger partial charge in [0.05, 0.1) is 5.92 Å². The number of carboxylic acid groups (broad SMARTS) is 1. The Morgan fingerprint density at radius 3 is 3.06 bits per heavy atom. The lowest BCUT2D eigenvalue weighted by Crippen LogP contribution is -2.20. The maximum atomic E-state index is 11.0. The van der Waals surface area contributed by atoms with Crippen LogP contribution in [0.5, 0.6) is 0 Å². The highest BCUT2D eigenvalue weighted by atomic mass is 32.1. The second-order valence-electron chi connectivity index (χ2n) is 4.78. The van der Waals surface area contributed by atoms with Gasteiger partial charge in [0.15, 0.2) is 0 Å². The molecule has 88 valence electrons. The van der Waals surface area contributed by atoms with Crippen molar-refractivity contribution >= 4 is 27.4 Å². The summed E-state index contributed by atoms with van der Waals surface area (Å²) in [6, 6.07) is 6.51. The van der Waals surface area contributed by atoms with Gasteiger partial charge < -0.3 is 5.11 Å². The number of carbonyl (C=O) groups is 1. The summed E-state index contributed by atoms with van der Waals surface area (Å²) in [5.74, 6) is -0.832. The molecule has 1 heterocycles. The van der Waals surface area contributed by atoms with Crippen molar-refractivity contribution < 1.29 is 9.90 Å². The van der Waals surface area contributed by atoms with E-state index in [0.29, 0.717) is 6.42 Å². The molecule has 1 aromatic carbocycles. The van der Waals surface area contributed by atoms with Crippen LogP contribution in [0.4, 0.5) is 0 Å². The van der Waals surface area contributed by atoms with E-state index in [1.54, 1.807) is 11.3 Å². The van der Waals surface area contributed by atoms with Crippen LogP contribution >= 0.6 is 11.3 Å². The van der Waals surface area contributed by atoms with Crippen molar-refractivity contribution in [1.82, 2.24) is 0 Å². The molecule has 1 aliphatic carbocycles. The number of fused-ring (bicyclic) bond motifs is 3. The van der Waals surface area contributed by atoms with Crippen LogP contribution in [0.25, 0.3) is 10.1 Å². The van der Waals surface area contributed by atoms with E-state index in [9.17, 15) is 4.79 Å². The first kappa shape index (κ1) is 10.8. The second-order valence-corrected chi connectivity index (χ2v) is 5.92. The minimum absolute atomic E-state index is 0.184. The average molecular weight is 246 g/mol. The van der Waals surface area contributed by atoms with Gasteiger partial charge in [-0.2, -0.15) is 0 Å². The number of carboxylic acids is 1. The van der Waals surface area contributed by atoms with Gasteiger partial charge in [0, 0.05) is 9.58 Å². The van der Waals surface area contributed by atoms with E-state index in [1.165, 1.54) is 26.1 Å². The summed E-state index contributed by atoms with van der Waals surface area (Å²) in [5, 5.41) is 10.4. The maximum Gasteiger partial charge on any atom is 0.306 e. The molecule has 17 heavy (non-hydrogen) atoms. The molecule has 0 amide bonds. The van der Waals surface area contributed by atoms with Crippen molar-refractivity contribution in [3.8, 4) is 0 Å². The first-order valence-electron chi connectivity index (χ1n) is 5.89. The number of rotatable bonds is 1. The Morgan fingerprint density at radius 1 is 1.47 bits per heavy atom. The molecule has 2 aromatic rings. The molecule has 0 bridgehead atoms. The Labute approximate surface area is 104 Å². The fraction of sp³-hybridized carbons (Fsp3) is 0.357. The summed E-state index contributed by atoms with van der Waals surface area (Å²) in [7, 11) is 0. The van der Waals surface area contributed by atoms with Crippen molar-refractivity contribution in [2.24, 2.45) is 5.92 Å². The van der Waals surface area contributed by atoms with Crippen molar-refractivity contribution in [3.63, 3.8) is 0 Å². The van der Waals surface area contributed by atoms with Gasteiger partial charge in [-0.3, -0.25) is 4.79 Å². The molecule has 0 saturated heterocycles. The lowest BCUT2D eigenvalue weighted by Gasteiger charge is -2.18. The maximum absolute atomic E-state index is 11.0. The van der Waals surface area contributed by atoms with E-state index in [4.69, 9.17) is 5.11 Å². The first-order chi connectivity index (χ1) is 8.15. The van der Waals surface area contributed by atoms with E-state index >= 15 is 0 Å². The molecule has 2 nitrogen and oxygen atoms in total.